The van der Waals surface area contributed by atoms with Gasteiger partial charge in [0, 0.05) is 12.6 Å². The molecule has 0 saturated carbocycles. The van der Waals surface area contributed by atoms with E-state index in [1.54, 1.807) is 0 Å². The predicted molar refractivity (Wildman–Crippen MR) is 68.0 cm³/mol. The number of amides is 1. The van der Waals surface area contributed by atoms with Gasteiger partial charge in [-0.15, -0.1) is 0 Å². The van der Waals surface area contributed by atoms with E-state index in [-0.39, 0.29) is 12.6 Å². The van der Waals surface area contributed by atoms with Crippen molar-refractivity contribution in [2.45, 2.75) is 45.8 Å². The van der Waals surface area contributed by atoms with Crippen LogP contribution in [-0.4, -0.2) is 48.7 Å². The third kappa shape index (κ3) is 24.4. The molecular formula is C10H23NO6S. The Kier molecular flexibility index (Phi) is 8.96. The summed E-state index contributed by atoms with van der Waals surface area (Å²) in [4.78, 5) is 11.1. The lowest BCUT2D eigenvalue weighted by molar-refractivity contribution is 0.0502. The van der Waals surface area contributed by atoms with Crippen LogP contribution in [0.2, 0.25) is 0 Å². The molecule has 110 valence electrons. The van der Waals surface area contributed by atoms with E-state index in [1.165, 1.54) is 0 Å². The molecule has 0 fully saturated rings. The third-order valence-electron chi connectivity index (χ3n) is 1.33. The molecule has 0 aromatic heterocycles. The Morgan fingerprint density at radius 3 is 2.06 bits per heavy atom. The molecule has 0 heterocycles. The molecule has 0 saturated heterocycles. The van der Waals surface area contributed by atoms with E-state index < -0.39 is 21.8 Å². The largest absolute Gasteiger partial charge is 0.444 e. The smallest absolute Gasteiger partial charge is 0.407 e. The fourth-order valence-corrected chi connectivity index (χ4v) is 0.775. The molecule has 0 bridgehead atoms. The van der Waals surface area contributed by atoms with Crippen LogP contribution >= 0.6 is 0 Å². The maximum atomic E-state index is 11.1. The van der Waals surface area contributed by atoms with Gasteiger partial charge in [-0.05, 0) is 34.1 Å². The van der Waals surface area contributed by atoms with Crippen molar-refractivity contribution in [2.24, 2.45) is 0 Å². The summed E-state index contributed by atoms with van der Waals surface area (Å²) in [6.07, 6.45) is 0.820. The van der Waals surface area contributed by atoms with E-state index in [9.17, 15) is 13.2 Å². The number of carbonyl (C=O) groups excluding carboxylic acids is 1. The van der Waals surface area contributed by atoms with Gasteiger partial charge in [-0.1, -0.05) is 0 Å². The first kappa shape index (κ1) is 19.5. The second-order valence-corrected chi connectivity index (χ2v) is 6.26. The van der Waals surface area contributed by atoms with Gasteiger partial charge in [0.15, 0.2) is 0 Å². The minimum absolute atomic E-state index is 0.0557. The highest BCUT2D eigenvalue weighted by molar-refractivity contribution is 7.85. The normalized spacial score (nSPS) is 13.1. The third-order valence-corrected chi connectivity index (χ3v) is 1.33. The minimum Gasteiger partial charge on any atom is -0.444 e. The van der Waals surface area contributed by atoms with Crippen molar-refractivity contribution in [1.82, 2.24) is 5.32 Å². The number of aliphatic hydroxyl groups excluding tert-OH is 1. The van der Waals surface area contributed by atoms with Crippen LogP contribution in [0.1, 0.15) is 34.1 Å². The number of rotatable bonds is 3. The van der Waals surface area contributed by atoms with E-state index in [0.29, 0.717) is 12.7 Å². The molecule has 1 amide bonds. The zero-order chi connectivity index (χ0) is 15.0. The van der Waals surface area contributed by atoms with Crippen molar-refractivity contribution in [2.75, 3.05) is 12.9 Å². The van der Waals surface area contributed by atoms with E-state index >= 15 is 0 Å². The summed E-state index contributed by atoms with van der Waals surface area (Å²) in [6.45, 7) is 7.31. The van der Waals surface area contributed by atoms with Gasteiger partial charge in [-0.2, -0.15) is 8.42 Å². The fraction of sp³-hybridized carbons (Fsp3) is 0.900. The van der Waals surface area contributed by atoms with Gasteiger partial charge in [-0.25, -0.2) is 4.79 Å². The van der Waals surface area contributed by atoms with Crippen LogP contribution in [0.25, 0.3) is 0 Å². The molecule has 0 aromatic carbocycles. The molecule has 7 nitrogen and oxygen atoms in total. The molecule has 0 spiro atoms. The zero-order valence-corrected chi connectivity index (χ0v) is 12.2. The Labute approximate surface area is 108 Å². The highest BCUT2D eigenvalue weighted by Gasteiger charge is 2.17. The first-order chi connectivity index (χ1) is 7.85. The highest BCUT2D eigenvalue weighted by atomic mass is 32.2. The summed E-state index contributed by atoms with van der Waals surface area (Å²) in [5, 5.41) is 11.2. The molecule has 0 unspecified atom stereocenters. The second kappa shape index (κ2) is 8.28. The average molecular weight is 285 g/mol. The van der Waals surface area contributed by atoms with Gasteiger partial charge >= 0.3 is 6.09 Å². The summed E-state index contributed by atoms with van der Waals surface area (Å²) in [5.74, 6) is 0. The van der Waals surface area contributed by atoms with Gasteiger partial charge in [0.25, 0.3) is 10.1 Å². The fourth-order valence-electron chi connectivity index (χ4n) is 0.775. The quantitative estimate of drug-likeness (QED) is 0.661. The number of ether oxygens (including phenoxy) is 1. The summed E-state index contributed by atoms with van der Waals surface area (Å²) >= 11 is 0. The van der Waals surface area contributed by atoms with Crippen LogP contribution in [0.15, 0.2) is 0 Å². The molecule has 18 heavy (non-hydrogen) atoms. The molecule has 0 rings (SSSR count). The van der Waals surface area contributed by atoms with Crippen molar-refractivity contribution in [1.29, 1.82) is 0 Å². The molecule has 0 aromatic rings. The number of hydrogen-bond acceptors (Lipinski definition) is 5. The monoisotopic (exact) mass is 285 g/mol. The van der Waals surface area contributed by atoms with Crippen molar-refractivity contribution in [3.05, 3.63) is 0 Å². The van der Waals surface area contributed by atoms with E-state index in [2.05, 4.69) is 5.32 Å². The second-order valence-electron chi connectivity index (χ2n) is 4.79. The van der Waals surface area contributed by atoms with E-state index in [0.717, 1.165) is 0 Å². The Bertz CT molecular complexity index is 325. The predicted octanol–water partition coefficient (Wildman–Crippen LogP) is 0.786. The molecule has 8 heteroatoms. The average Bonchev–Trinajstić information content (AvgIpc) is 1.95. The standard InChI is InChI=1S/C9H19NO3.CH4O3S/c1-7(5-6-11)10-8(12)13-9(2,3)4;1-5(2,3)4/h7,11H,5-6H2,1-4H3,(H,10,12);1H3,(H,2,3,4)/t7-;/m0./s1. The SMILES string of the molecule is CS(=O)(=O)O.C[C@@H](CCO)NC(=O)OC(C)(C)C. The topological polar surface area (TPSA) is 113 Å². The van der Waals surface area contributed by atoms with Crippen LogP contribution in [-0.2, 0) is 14.9 Å². The Morgan fingerprint density at radius 1 is 1.39 bits per heavy atom. The van der Waals surface area contributed by atoms with Gasteiger partial charge in [-0.3, -0.25) is 4.55 Å². The molecule has 3 N–H and O–H groups in total. The summed E-state index contributed by atoms with van der Waals surface area (Å²) < 4.78 is 30.9. The van der Waals surface area contributed by atoms with Crippen molar-refractivity contribution >= 4 is 16.2 Å². The van der Waals surface area contributed by atoms with Gasteiger partial charge in [0.2, 0.25) is 0 Å². The molecule has 0 radical (unpaired) electrons. The maximum Gasteiger partial charge on any atom is 0.407 e. The lowest BCUT2D eigenvalue weighted by Crippen LogP contribution is -2.38. The Balaban J connectivity index is 0. The van der Waals surface area contributed by atoms with Crippen LogP contribution < -0.4 is 5.32 Å². The van der Waals surface area contributed by atoms with Crippen molar-refractivity contribution in [3.63, 3.8) is 0 Å². The molecule has 1 atom stereocenters. The number of alkyl carbamates (subject to hydrolysis) is 1. The van der Waals surface area contributed by atoms with E-state index in [1.807, 2.05) is 27.7 Å². The molecule has 0 aliphatic rings. The van der Waals surface area contributed by atoms with Crippen LogP contribution in [0, 0.1) is 0 Å². The summed E-state index contributed by atoms with van der Waals surface area (Å²) in [6, 6.07) is -0.0557. The summed E-state index contributed by atoms with van der Waals surface area (Å²) in [5.41, 5.74) is -0.469. The zero-order valence-electron chi connectivity index (χ0n) is 11.4. The van der Waals surface area contributed by atoms with Gasteiger partial charge in [0.1, 0.15) is 5.60 Å². The number of carbonyl (C=O) groups is 1. The Morgan fingerprint density at radius 2 is 1.78 bits per heavy atom. The Hall–Kier alpha value is -0.860. The number of nitrogens with one attached hydrogen (secondary N) is 1. The van der Waals surface area contributed by atoms with Gasteiger partial charge in [0.05, 0.1) is 6.26 Å². The van der Waals surface area contributed by atoms with Crippen molar-refractivity contribution < 1.29 is 27.6 Å². The van der Waals surface area contributed by atoms with E-state index in [4.69, 9.17) is 14.4 Å². The van der Waals surface area contributed by atoms with Crippen LogP contribution in [0.3, 0.4) is 0 Å². The maximum absolute atomic E-state index is 11.1. The first-order valence-electron chi connectivity index (χ1n) is 5.38. The van der Waals surface area contributed by atoms with Crippen LogP contribution in [0.5, 0.6) is 0 Å². The number of hydrogen-bond donors (Lipinski definition) is 3. The van der Waals surface area contributed by atoms with Crippen molar-refractivity contribution in [3.8, 4) is 0 Å². The minimum atomic E-state index is -3.67. The highest BCUT2D eigenvalue weighted by Crippen LogP contribution is 2.06. The summed E-state index contributed by atoms with van der Waals surface area (Å²) in [7, 11) is -3.67. The van der Waals surface area contributed by atoms with Gasteiger partial charge < -0.3 is 15.2 Å². The molecule has 0 aliphatic heterocycles. The number of aliphatic hydroxyl groups is 1. The molecular weight excluding hydrogens is 262 g/mol. The molecule has 0 aliphatic carbocycles. The lowest BCUT2D eigenvalue weighted by Gasteiger charge is -2.21. The lowest BCUT2D eigenvalue weighted by atomic mass is 10.2. The van der Waals surface area contributed by atoms with Crippen LogP contribution in [0.4, 0.5) is 4.79 Å². The first-order valence-corrected chi connectivity index (χ1v) is 7.23.